The fraction of sp³-hybridized carbons (Fsp3) is 0.730. The molecule has 6 nitrogen and oxygen atoms in total. The average Bonchev–Trinajstić information content (AvgIpc) is 3.36. The topological polar surface area (TPSA) is 72.9 Å². The van der Waals surface area contributed by atoms with Crippen LogP contribution in [0.1, 0.15) is 278 Å². The van der Waals surface area contributed by atoms with Gasteiger partial charge >= 0.3 is 11.9 Å². The zero-order valence-electron chi connectivity index (χ0n) is 45.3. The van der Waals surface area contributed by atoms with E-state index in [4.69, 9.17) is 9.47 Å². The summed E-state index contributed by atoms with van der Waals surface area (Å²) in [6, 6.07) is 9.65. The molecule has 0 aliphatic heterocycles. The molecule has 0 aliphatic carbocycles. The third-order valence-electron chi connectivity index (χ3n) is 13.2. The summed E-state index contributed by atoms with van der Waals surface area (Å²) in [5.74, 6) is -0.545. The van der Waals surface area contributed by atoms with Crippen molar-refractivity contribution in [2.24, 2.45) is 0 Å². The maximum Gasteiger partial charge on any atom is 0.306 e. The Kier molecular flexibility index (Phi) is 47.0. The number of para-hydroxylation sites is 1. The van der Waals surface area contributed by atoms with Crippen molar-refractivity contribution in [2.45, 2.75) is 284 Å². The molecule has 0 N–H and O–H groups in total. The first-order chi connectivity index (χ1) is 34.0. The number of rotatable bonds is 50. The van der Waals surface area contributed by atoms with E-state index in [9.17, 15) is 14.4 Å². The van der Waals surface area contributed by atoms with Crippen molar-refractivity contribution in [3.8, 4) is 0 Å². The minimum absolute atomic E-state index is 0.00505. The number of benzene rings is 1. The molecular formula is C63H107NO5. The first kappa shape index (κ1) is 63.6. The van der Waals surface area contributed by atoms with Gasteiger partial charge < -0.3 is 14.4 Å². The van der Waals surface area contributed by atoms with Gasteiger partial charge in [0.05, 0.1) is 6.54 Å². The van der Waals surface area contributed by atoms with Crippen molar-refractivity contribution in [2.75, 3.05) is 18.1 Å². The summed E-state index contributed by atoms with van der Waals surface area (Å²) in [7, 11) is 0. The Morgan fingerprint density at radius 1 is 0.435 bits per heavy atom. The lowest BCUT2D eigenvalue weighted by Crippen LogP contribution is -2.41. The van der Waals surface area contributed by atoms with E-state index in [2.05, 4.69) is 69.4 Å². The van der Waals surface area contributed by atoms with Crippen LogP contribution < -0.4 is 4.90 Å². The number of allylic oxidation sites excluding steroid dienone is 8. The van der Waals surface area contributed by atoms with E-state index >= 15 is 0 Å². The number of carbonyl (C=O) groups excluding carboxylic acids is 3. The number of anilines is 1. The largest absolute Gasteiger partial charge is 0.462 e. The van der Waals surface area contributed by atoms with Crippen molar-refractivity contribution in [3.05, 3.63) is 78.9 Å². The van der Waals surface area contributed by atoms with Crippen molar-refractivity contribution in [3.63, 3.8) is 0 Å². The van der Waals surface area contributed by atoms with Gasteiger partial charge in [0.25, 0.3) is 0 Å². The Labute approximate surface area is 426 Å². The Balaban J connectivity index is 2.60. The first-order valence-corrected chi connectivity index (χ1v) is 29.3. The third-order valence-corrected chi connectivity index (χ3v) is 13.2. The van der Waals surface area contributed by atoms with Gasteiger partial charge in [0.1, 0.15) is 6.61 Å². The van der Waals surface area contributed by atoms with Gasteiger partial charge in [0.2, 0.25) is 5.91 Å². The molecule has 394 valence electrons. The monoisotopic (exact) mass is 958 g/mol. The normalized spacial score (nSPS) is 12.3. The molecule has 0 bridgehead atoms. The van der Waals surface area contributed by atoms with Crippen LogP contribution in [0, 0.1) is 0 Å². The molecule has 1 aromatic rings. The summed E-state index contributed by atoms with van der Waals surface area (Å²) in [5.41, 5.74) is 0.768. The van der Waals surface area contributed by atoms with E-state index in [0.717, 1.165) is 108 Å². The summed E-state index contributed by atoms with van der Waals surface area (Å²) >= 11 is 0. The maximum absolute atomic E-state index is 13.9. The van der Waals surface area contributed by atoms with E-state index in [1.807, 2.05) is 30.3 Å². The van der Waals surface area contributed by atoms with Crippen LogP contribution in [-0.4, -0.2) is 37.1 Å². The van der Waals surface area contributed by atoms with E-state index < -0.39 is 6.10 Å². The molecule has 0 spiro atoms. The second-order valence-corrected chi connectivity index (χ2v) is 19.8. The Morgan fingerprint density at radius 2 is 0.812 bits per heavy atom. The lowest BCUT2D eigenvalue weighted by Gasteiger charge is -2.28. The van der Waals surface area contributed by atoms with Crippen LogP contribution in [0.25, 0.3) is 0 Å². The van der Waals surface area contributed by atoms with E-state index in [1.165, 1.54) is 135 Å². The highest BCUT2D eigenvalue weighted by Crippen LogP contribution is 2.20. The SMILES string of the molecule is CC/C=C\C/C=C\C/C=C\CCCCCCCC(=O)N(CC(COC(=O)CCCCCCC/C=C\CCCCCCCC)OC(=O)CCCCCCCCCCCCCCCCC)c1ccccc1. The molecule has 0 heterocycles. The quantitative estimate of drug-likeness (QED) is 0.0370. The van der Waals surface area contributed by atoms with Crippen LogP contribution in [0.3, 0.4) is 0 Å². The van der Waals surface area contributed by atoms with E-state index in [-0.39, 0.29) is 31.0 Å². The highest BCUT2D eigenvalue weighted by atomic mass is 16.6. The third kappa shape index (κ3) is 43.1. The molecule has 1 amide bonds. The molecule has 0 radical (unpaired) electrons. The number of ether oxygens (including phenoxy) is 2. The Hall–Kier alpha value is -3.41. The molecule has 1 aromatic carbocycles. The summed E-state index contributed by atoms with van der Waals surface area (Å²) in [5, 5.41) is 0. The van der Waals surface area contributed by atoms with Gasteiger partial charge in [0.15, 0.2) is 6.10 Å². The van der Waals surface area contributed by atoms with Gasteiger partial charge in [-0.2, -0.15) is 0 Å². The predicted molar refractivity (Wildman–Crippen MR) is 298 cm³/mol. The second kappa shape index (κ2) is 51.0. The van der Waals surface area contributed by atoms with Gasteiger partial charge in [-0.15, -0.1) is 0 Å². The van der Waals surface area contributed by atoms with Crippen molar-refractivity contribution in [1.82, 2.24) is 0 Å². The molecule has 1 unspecified atom stereocenters. The van der Waals surface area contributed by atoms with Crippen molar-refractivity contribution < 1.29 is 23.9 Å². The summed E-state index contributed by atoms with van der Waals surface area (Å²) in [6.45, 7) is 6.81. The van der Waals surface area contributed by atoms with Gasteiger partial charge in [0, 0.05) is 24.9 Å². The fourth-order valence-electron chi connectivity index (χ4n) is 8.80. The Bertz CT molecular complexity index is 1420. The van der Waals surface area contributed by atoms with Crippen LogP contribution >= 0.6 is 0 Å². The number of esters is 2. The Morgan fingerprint density at radius 3 is 1.28 bits per heavy atom. The minimum Gasteiger partial charge on any atom is -0.462 e. The van der Waals surface area contributed by atoms with Crippen molar-refractivity contribution in [1.29, 1.82) is 0 Å². The molecule has 0 fully saturated rings. The van der Waals surface area contributed by atoms with Crippen LogP contribution in [0.5, 0.6) is 0 Å². The van der Waals surface area contributed by atoms with Crippen LogP contribution in [0.4, 0.5) is 5.69 Å². The number of hydrogen-bond donors (Lipinski definition) is 0. The molecule has 1 atom stereocenters. The number of hydrogen-bond acceptors (Lipinski definition) is 5. The van der Waals surface area contributed by atoms with Crippen LogP contribution in [-0.2, 0) is 23.9 Å². The molecule has 69 heavy (non-hydrogen) atoms. The molecule has 0 saturated heterocycles. The first-order valence-electron chi connectivity index (χ1n) is 29.3. The predicted octanol–water partition coefficient (Wildman–Crippen LogP) is 19.4. The molecular weight excluding hydrogens is 851 g/mol. The average molecular weight is 959 g/mol. The number of nitrogens with zero attached hydrogens (tertiary/aromatic N) is 1. The molecule has 0 saturated carbocycles. The highest BCUT2D eigenvalue weighted by molar-refractivity contribution is 5.93. The lowest BCUT2D eigenvalue weighted by molar-refractivity contribution is -0.158. The minimum atomic E-state index is -0.738. The summed E-state index contributed by atoms with van der Waals surface area (Å²) < 4.78 is 11.8. The molecule has 6 heteroatoms. The van der Waals surface area contributed by atoms with E-state index in [1.54, 1.807) is 4.90 Å². The maximum atomic E-state index is 13.9. The molecule has 0 aliphatic rings. The van der Waals surface area contributed by atoms with Gasteiger partial charge in [-0.3, -0.25) is 14.4 Å². The van der Waals surface area contributed by atoms with Gasteiger partial charge in [-0.25, -0.2) is 0 Å². The number of amides is 1. The van der Waals surface area contributed by atoms with Crippen LogP contribution in [0.15, 0.2) is 78.9 Å². The lowest BCUT2D eigenvalue weighted by atomic mass is 10.0. The standard InChI is InChI=1S/C63H107NO5/c1-4-7-10-13-16-19-22-25-28-31-34-37-40-43-49-54-61(65)64(59-52-47-46-48-53-59)57-60(69-63(67)56-51-45-42-39-36-33-30-27-24-21-18-15-12-9-6-3)58-68-62(66)55-50-44-41-38-35-32-29-26-23-20-17-14-11-8-5-2/h7,10,16,19,25-26,28-29,46-48,52-53,60H,4-6,8-9,11-15,17-18,20-24,27,30-45,49-51,54-58H2,1-3H3/b10-7-,19-16-,28-25-,29-26-. The second-order valence-electron chi connectivity index (χ2n) is 19.8. The van der Waals surface area contributed by atoms with E-state index in [0.29, 0.717) is 19.3 Å². The van der Waals surface area contributed by atoms with Crippen molar-refractivity contribution >= 4 is 23.5 Å². The fourth-order valence-corrected chi connectivity index (χ4v) is 8.80. The smallest absolute Gasteiger partial charge is 0.306 e. The summed E-state index contributed by atoms with van der Waals surface area (Å²) in [4.78, 5) is 41.9. The summed E-state index contributed by atoms with van der Waals surface area (Å²) in [6.07, 6.45) is 62.6. The zero-order chi connectivity index (χ0) is 49.8. The number of carbonyl (C=O) groups is 3. The highest BCUT2D eigenvalue weighted by Gasteiger charge is 2.25. The number of unbranched alkanes of at least 4 members (excludes halogenated alkanes) is 30. The van der Waals surface area contributed by atoms with Crippen LogP contribution in [0.2, 0.25) is 0 Å². The van der Waals surface area contributed by atoms with Gasteiger partial charge in [-0.1, -0.05) is 248 Å². The molecule has 0 aromatic heterocycles. The van der Waals surface area contributed by atoms with Gasteiger partial charge in [-0.05, 0) is 89.2 Å². The zero-order valence-corrected chi connectivity index (χ0v) is 45.3. The molecule has 1 rings (SSSR count).